The minimum Gasteiger partial charge on any atom is -0.291 e. The predicted molar refractivity (Wildman–Crippen MR) is 240 cm³/mol. The summed E-state index contributed by atoms with van der Waals surface area (Å²) >= 11 is 1.84. The van der Waals surface area contributed by atoms with Crippen molar-refractivity contribution in [2.24, 2.45) is 0 Å². The third-order valence-electron chi connectivity index (χ3n) is 11.9. The number of nitrogens with zero attached hydrogens (tertiary/aromatic N) is 3. The fourth-order valence-electron chi connectivity index (χ4n) is 9.49. The monoisotopic (exact) mass is 727 g/mol. The highest BCUT2D eigenvalue weighted by atomic mass is 32.1. The second-order valence-electron chi connectivity index (χ2n) is 14.9. The molecule has 0 fully saturated rings. The summed E-state index contributed by atoms with van der Waals surface area (Å²) in [7, 11) is 0. The van der Waals surface area contributed by atoms with E-state index in [2.05, 4.69) is 180 Å². The topological polar surface area (TPSA) is 30.7 Å². The first-order valence-electron chi connectivity index (χ1n) is 19.1. The van der Waals surface area contributed by atoms with Crippen molar-refractivity contribution in [1.82, 2.24) is 14.5 Å². The molecule has 4 heteroatoms. The largest absolute Gasteiger partial charge is 0.291 e. The zero-order valence-electron chi connectivity index (χ0n) is 30.0. The summed E-state index contributed by atoms with van der Waals surface area (Å²) < 4.78 is 4.98. The average molecular weight is 728 g/mol. The lowest BCUT2D eigenvalue weighted by Gasteiger charge is -2.16. The molecule has 0 aliphatic rings. The molecule has 3 heterocycles. The minimum absolute atomic E-state index is 0.826. The first-order chi connectivity index (χ1) is 27.8. The molecule has 0 unspecified atom stereocenters. The maximum atomic E-state index is 5.68. The van der Waals surface area contributed by atoms with Crippen LogP contribution in [0.5, 0.6) is 0 Å². The van der Waals surface area contributed by atoms with Crippen LogP contribution in [-0.2, 0) is 0 Å². The lowest BCUT2D eigenvalue weighted by atomic mass is 9.91. The molecule has 0 atom stereocenters. The summed E-state index contributed by atoms with van der Waals surface area (Å²) in [5.74, 6) is 0.826. The van der Waals surface area contributed by atoms with E-state index >= 15 is 0 Å². The van der Waals surface area contributed by atoms with Crippen molar-refractivity contribution in [2.45, 2.75) is 0 Å². The number of hydrogen-bond acceptors (Lipinski definition) is 3. The van der Waals surface area contributed by atoms with Gasteiger partial charge in [0.25, 0.3) is 0 Å². The summed E-state index contributed by atoms with van der Waals surface area (Å²) in [4.78, 5) is 11.3. The Balaban J connectivity index is 1.25. The van der Waals surface area contributed by atoms with Crippen LogP contribution in [0.15, 0.2) is 176 Å². The van der Waals surface area contributed by atoms with Crippen LogP contribution in [0, 0.1) is 0 Å². The molecule has 3 nitrogen and oxygen atoms in total. The fraction of sp³-hybridized carbons (Fsp3) is 0. The fourth-order valence-corrected chi connectivity index (χ4v) is 10.6. The Labute approximate surface area is 324 Å². The summed E-state index contributed by atoms with van der Waals surface area (Å²) in [6.45, 7) is 0. The van der Waals surface area contributed by atoms with E-state index in [-0.39, 0.29) is 0 Å². The van der Waals surface area contributed by atoms with Gasteiger partial charge in [-0.05, 0) is 68.0 Å². The summed E-state index contributed by atoms with van der Waals surface area (Å²) in [5.41, 5.74) is 5.94. The first-order valence-corrected chi connectivity index (χ1v) is 19.9. The van der Waals surface area contributed by atoms with Crippen LogP contribution in [-0.4, -0.2) is 14.5 Å². The number of benzene rings is 10. The molecule has 0 N–H and O–H groups in total. The molecule has 0 saturated carbocycles. The van der Waals surface area contributed by atoms with Crippen LogP contribution in [0.1, 0.15) is 0 Å². The molecule has 10 aromatic carbocycles. The van der Waals surface area contributed by atoms with Gasteiger partial charge in [-0.25, -0.2) is 9.97 Å². The molecule has 0 aliphatic heterocycles. The second-order valence-corrected chi connectivity index (χ2v) is 15.9. The van der Waals surface area contributed by atoms with E-state index in [0.717, 1.165) is 49.9 Å². The van der Waals surface area contributed by atoms with Gasteiger partial charge in [0, 0.05) is 52.7 Å². The lowest BCUT2D eigenvalue weighted by molar-refractivity contribution is 1.09. The van der Waals surface area contributed by atoms with Crippen LogP contribution in [0.4, 0.5) is 0 Å². The second kappa shape index (κ2) is 11.2. The molecule has 0 spiro atoms. The van der Waals surface area contributed by atoms with Crippen LogP contribution >= 0.6 is 11.3 Å². The van der Waals surface area contributed by atoms with Gasteiger partial charge in [0.2, 0.25) is 0 Å². The van der Waals surface area contributed by atoms with Crippen molar-refractivity contribution in [1.29, 1.82) is 0 Å². The Morgan fingerprint density at radius 1 is 0.393 bits per heavy atom. The van der Waals surface area contributed by atoms with Gasteiger partial charge in [-0.2, -0.15) is 0 Å². The van der Waals surface area contributed by atoms with Gasteiger partial charge in [0.05, 0.1) is 22.1 Å². The van der Waals surface area contributed by atoms with Gasteiger partial charge < -0.3 is 0 Å². The van der Waals surface area contributed by atoms with E-state index in [9.17, 15) is 0 Å². The number of fused-ring (bicyclic) bond motifs is 18. The lowest BCUT2D eigenvalue weighted by Crippen LogP contribution is -2.04. The van der Waals surface area contributed by atoms with Crippen LogP contribution < -0.4 is 0 Å². The van der Waals surface area contributed by atoms with Crippen LogP contribution in [0.25, 0.3) is 124 Å². The van der Waals surface area contributed by atoms with Gasteiger partial charge in [-0.3, -0.25) is 4.57 Å². The van der Waals surface area contributed by atoms with Gasteiger partial charge >= 0.3 is 0 Å². The number of thiophene rings is 1. The van der Waals surface area contributed by atoms with Crippen molar-refractivity contribution < 1.29 is 0 Å². The number of aromatic nitrogens is 3. The zero-order valence-corrected chi connectivity index (χ0v) is 30.8. The van der Waals surface area contributed by atoms with Crippen molar-refractivity contribution in [3.63, 3.8) is 0 Å². The Hall–Kier alpha value is -7.14. The highest BCUT2D eigenvalue weighted by Gasteiger charge is 2.24. The molecule has 258 valence electrons. The van der Waals surface area contributed by atoms with Gasteiger partial charge in [0.1, 0.15) is 5.69 Å². The summed E-state index contributed by atoms with van der Waals surface area (Å²) in [6, 6.07) is 64.1. The average Bonchev–Trinajstić information content (AvgIpc) is 3.81. The number of rotatable bonds is 2. The molecule has 0 amide bonds. The standard InChI is InChI=1S/C52H29N3S/c1-3-13-33-30(11-1)22-26-43-50(33)54-49(32-23-28-46-42(29-32)38-18-9-10-20-45(38)56-46)52(53-43)55-44-27-25-40-37-17-6-5-15-35(37)36-16-7-8-19-39(36)47(40)48(44)41-24-21-31-12-2-4-14-34(31)51(41)55/h1-29H. The quantitative estimate of drug-likeness (QED) is 0.166. The van der Waals surface area contributed by atoms with Gasteiger partial charge in [0.15, 0.2) is 5.82 Å². The molecular weight excluding hydrogens is 699 g/mol. The van der Waals surface area contributed by atoms with Crippen LogP contribution in [0.2, 0.25) is 0 Å². The van der Waals surface area contributed by atoms with E-state index in [1.54, 1.807) is 0 Å². The highest BCUT2D eigenvalue weighted by Crippen LogP contribution is 2.46. The third kappa shape index (κ3) is 4.06. The molecular formula is C52H29N3S. The first kappa shape index (κ1) is 30.2. The maximum Gasteiger partial charge on any atom is 0.165 e. The van der Waals surface area contributed by atoms with E-state index in [0.29, 0.717) is 0 Å². The third-order valence-corrected chi connectivity index (χ3v) is 13.1. The van der Waals surface area contributed by atoms with Crippen molar-refractivity contribution in [3.8, 4) is 17.1 Å². The molecule has 3 aromatic heterocycles. The Morgan fingerprint density at radius 3 is 1.79 bits per heavy atom. The van der Waals surface area contributed by atoms with Gasteiger partial charge in [-0.15, -0.1) is 11.3 Å². The molecule has 13 aromatic rings. The van der Waals surface area contributed by atoms with E-state index in [1.807, 2.05) is 11.3 Å². The van der Waals surface area contributed by atoms with E-state index < -0.39 is 0 Å². The van der Waals surface area contributed by atoms with Crippen LogP contribution in [0.3, 0.4) is 0 Å². The highest BCUT2D eigenvalue weighted by molar-refractivity contribution is 7.25. The maximum absolute atomic E-state index is 5.68. The molecule has 0 radical (unpaired) electrons. The summed E-state index contributed by atoms with van der Waals surface area (Å²) in [6.07, 6.45) is 0. The molecule has 56 heavy (non-hydrogen) atoms. The van der Waals surface area contributed by atoms with E-state index in [1.165, 1.54) is 74.0 Å². The normalized spacial score (nSPS) is 12.3. The van der Waals surface area contributed by atoms with E-state index in [4.69, 9.17) is 9.97 Å². The Kier molecular flexibility index (Phi) is 6.04. The molecule has 13 rings (SSSR count). The molecule has 0 bridgehead atoms. The van der Waals surface area contributed by atoms with Crippen molar-refractivity contribution in [2.75, 3.05) is 0 Å². The van der Waals surface area contributed by atoms with Crippen molar-refractivity contribution in [3.05, 3.63) is 176 Å². The zero-order chi connectivity index (χ0) is 36.5. The smallest absolute Gasteiger partial charge is 0.165 e. The Morgan fingerprint density at radius 2 is 0.982 bits per heavy atom. The predicted octanol–water partition coefficient (Wildman–Crippen LogP) is 14.5. The van der Waals surface area contributed by atoms with Gasteiger partial charge in [-0.1, -0.05) is 146 Å². The molecule has 0 aliphatic carbocycles. The van der Waals surface area contributed by atoms with Crippen molar-refractivity contribution >= 4 is 118 Å². The molecule has 0 saturated heterocycles. The number of hydrogen-bond donors (Lipinski definition) is 0. The Bertz CT molecular complexity index is 3800. The minimum atomic E-state index is 0.826. The summed E-state index contributed by atoms with van der Waals surface area (Å²) in [5, 5.41) is 17.2. The SMILES string of the molecule is c1ccc2c(c1)ccc1nc(-n3c4ccc5c6ccccc6c6ccccc6c5c4c4ccc5ccccc5c43)c(-c3ccc4sc5ccccc5c4c3)nc12.